The number of amides is 1. The first kappa shape index (κ1) is 14.7. The molecular weight excluding hydrogens is 276 g/mol. The molecule has 2 heterocycles. The second-order valence-corrected chi connectivity index (χ2v) is 5.03. The molecule has 1 fully saturated rings. The second kappa shape index (κ2) is 6.62. The van der Waals surface area contributed by atoms with Crippen molar-refractivity contribution >= 4 is 28.8 Å². The maximum atomic E-state index is 12.3. The molecule has 1 aliphatic heterocycles. The van der Waals surface area contributed by atoms with E-state index < -0.39 is 0 Å². The molecule has 0 saturated carbocycles. The number of nitrogens with one attached hydrogen (secondary N) is 1. The van der Waals surface area contributed by atoms with Crippen LogP contribution in [0.3, 0.4) is 0 Å². The van der Waals surface area contributed by atoms with Crippen LogP contribution in [-0.2, 0) is 9.53 Å². The Balaban J connectivity index is 2.05. The maximum absolute atomic E-state index is 12.3. The molecule has 0 aromatic carbocycles. The Hall–Kier alpha value is -1.73. The van der Waals surface area contributed by atoms with Crippen molar-refractivity contribution in [1.29, 1.82) is 0 Å². The van der Waals surface area contributed by atoms with Gasteiger partial charge < -0.3 is 20.7 Å². The Bertz CT molecular complexity index is 503. The summed E-state index contributed by atoms with van der Waals surface area (Å²) in [4.78, 5) is 18.4. The number of thiocarbonyl (C=S) groups is 1. The molecule has 0 radical (unpaired) electrons. The standard InChI is InChI=1S/C13H18N4O2S/c1-9(13(18)17-4-6-19-7-5-17)16-11-8-15-3-2-10(11)12(14)20/h2-3,8-9,16H,4-7H2,1H3,(H2,14,20). The number of aromatic nitrogens is 1. The normalized spacial score (nSPS) is 16.6. The Labute approximate surface area is 123 Å². The first-order valence-corrected chi connectivity index (χ1v) is 6.87. The summed E-state index contributed by atoms with van der Waals surface area (Å²) in [5.74, 6) is 0.0334. The van der Waals surface area contributed by atoms with E-state index in [2.05, 4.69) is 10.3 Å². The van der Waals surface area contributed by atoms with E-state index in [0.29, 0.717) is 37.6 Å². The lowest BCUT2D eigenvalue weighted by atomic mass is 10.2. The van der Waals surface area contributed by atoms with Crippen LogP contribution in [-0.4, -0.2) is 53.1 Å². The second-order valence-electron chi connectivity index (χ2n) is 4.59. The number of carbonyl (C=O) groups is 1. The van der Waals surface area contributed by atoms with Gasteiger partial charge in [0.1, 0.15) is 11.0 Å². The smallest absolute Gasteiger partial charge is 0.244 e. The summed E-state index contributed by atoms with van der Waals surface area (Å²) in [7, 11) is 0. The maximum Gasteiger partial charge on any atom is 0.244 e. The fourth-order valence-electron chi connectivity index (χ4n) is 2.08. The third kappa shape index (κ3) is 3.43. The first-order chi connectivity index (χ1) is 9.59. The molecule has 0 spiro atoms. The highest BCUT2D eigenvalue weighted by Gasteiger charge is 2.23. The number of rotatable bonds is 4. The van der Waals surface area contributed by atoms with E-state index in [1.165, 1.54) is 0 Å². The minimum Gasteiger partial charge on any atom is -0.389 e. The van der Waals surface area contributed by atoms with Crippen molar-refractivity contribution in [3.63, 3.8) is 0 Å². The van der Waals surface area contributed by atoms with Gasteiger partial charge in [0.25, 0.3) is 0 Å². The van der Waals surface area contributed by atoms with E-state index in [1.807, 2.05) is 6.92 Å². The van der Waals surface area contributed by atoms with Crippen molar-refractivity contribution in [3.05, 3.63) is 24.0 Å². The lowest BCUT2D eigenvalue weighted by molar-refractivity contribution is -0.135. The fourth-order valence-corrected chi connectivity index (χ4v) is 2.25. The third-order valence-electron chi connectivity index (χ3n) is 3.15. The molecule has 0 bridgehead atoms. The number of morpholine rings is 1. The SMILES string of the molecule is CC(Nc1cnccc1C(N)=S)C(=O)N1CCOCC1. The van der Waals surface area contributed by atoms with E-state index in [9.17, 15) is 4.79 Å². The number of ether oxygens (including phenoxy) is 1. The van der Waals surface area contributed by atoms with Gasteiger partial charge >= 0.3 is 0 Å². The summed E-state index contributed by atoms with van der Waals surface area (Å²) in [6.45, 7) is 4.24. The van der Waals surface area contributed by atoms with Gasteiger partial charge in [-0.1, -0.05) is 12.2 Å². The van der Waals surface area contributed by atoms with Crippen molar-refractivity contribution < 1.29 is 9.53 Å². The summed E-state index contributed by atoms with van der Waals surface area (Å²) >= 11 is 4.99. The molecule has 1 amide bonds. The van der Waals surface area contributed by atoms with E-state index >= 15 is 0 Å². The van der Waals surface area contributed by atoms with Gasteiger partial charge in [0.05, 0.1) is 25.1 Å². The topological polar surface area (TPSA) is 80.5 Å². The lowest BCUT2D eigenvalue weighted by Gasteiger charge is -2.30. The molecule has 1 saturated heterocycles. The molecule has 7 heteroatoms. The predicted molar refractivity (Wildman–Crippen MR) is 80.6 cm³/mol. The molecular formula is C13H18N4O2S. The van der Waals surface area contributed by atoms with Gasteiger partial charge in [-0.25, -0.2) is 0 Å². The molecule has 1 atom stereocenters. The van der Waals surface area contributed by atoms with Crippen LogP contribution in [0.2, 0.25) is 0 Å². The third-order valence-corrected chi connectivity index (χ3v) is 3.37. The van der Waals surface area contributed by atoms with Crippen LogP contribution in [0.5, 0.6) is 0 Å². The lowest BCUT2D eigenvalue weighted by Crippen LogP contribution is -2.47. The molecule has 3 N–H and O–H groups in total. The van der Waals surface area contributed by atoms with Gasteiger partial charge in [-0.15, -0.1) is 0 Å². The van der Waals surface area contributed by atoms with Crippen LogP contribution in [0.15, 0.2) is 18.5 Å². The average Bonchev–Trinajstić information content (AvgIpc) is 2.47. The van der Waals surface area contributed by atoms with Gasteiger partial charge in [0, 0.05) is 24.8 Å². The first-order valence-electron chi connectivity index (χ1n) is 6.46. The highest BCUT2D eigenvalue weighted by atomic mass is 32.1. The summed E-state index contributed by atoms with van der Waals surface area (Å²) in [5.41, 5.74) is 7.03. The van der Waals surface area contributed by atoms with Crippen LogP contribution in [0.25, 0.3) is 0 Å². The Morgan fingerprint density at radius 1 is 1.55 bits per heavy atom. The van der Waals surface area contributed by atoms with Crippen LogP contribution in [0.1, 0.15) is 12.5 Å². The molecule has 20 heavy (non-hydrogen) atoms. The molecule has 108 valence electrons. The number of hydrogen-bond donors (Lipinski definition) is 2. The zero-order chi connectivity index (χ0) is 14.5. The van der Waals surface area contributed by atoms with Crippen molar-refractivity contribution in [2.75, 3.05) is 31.6 Å². The highest BCUT2D eigenvalue weighted by molar-refractivity contribution is 7.80. The van der Waals surface area contributed by atoms with Gasteiger partial charge in [-0.05, 0) is 13.0 Å². The number of carbonyl (C=O) groups excluding carboxylic acids is 1. The number of anilines is 1. The van der Waals surface area contributed by atoms with E-state index in [1.54, 1.807) is 23.4 Å². The Morgan fingerprint density at radius 2 is 2.25 bits per heavy atom. The molecule has 6 nitrogen and oxygen atoms in total. The van der Waals surface area contributed by atoms with Gasteiger partial charge in [0.2, 0.25) is 5.91 Å². The molecule has 2 rings (SSSR count). The minimum atomic E-state index is -0.370. The van der Waals surface area contributed by atoms with E-state index in [-0.39, 0.29) is 16.9 Å². The Morgan fingerprint density at radius 3 is 2.90 bits per heavy atom. The van der Waals surface area contributed by atoms with Gasteiger partial charge in [-0.3, -0.25) is 9.78 Å². The van der Waals surface area contributed by atoms with E-state index in [4.69, 9.17) is 22.7 Å². The fraction of sp³-hybridized carbons (Fsp3) is 0.462. The van der Waals surface area contributed by atoms with Crippen molar-refractivity contribution in [2.24, 2.45) is 5.73 Å². The van der Waals surface area contributed by atoms with Crippen molar-refractivity contribution in [3.8, 4) is 0 Å². The summed E-state index contributed by atoms with van der Waals surface area (Å²) < 4.78 is 5.24. The van der Waals surface area contributed by atoms with Crippen molar-refractivity contribution in [1.82, 2.24) is 9.88 Å². The van der Waals surface area contributed by atoms with Gasteiger partial charge in [0.15, 0.2) is 0 Å². The minimum absolute atomic E-state index is 0.0334. The van der Waals surface area contributed by atoms with Crippen molar-refractivity contribution in [2.45, 2.75) is 13.0 Å². The zero-order valence-corrected chi connectivity index (χ0v) is 12.2. The van der Waals surface area contributed by atoms with Crippen LogP contribution >= 0.6 is 12.2 Å². The number of nitrogens with zero attached hydrogens (tertiary/aromatic N) is 2. The molecule has 1 aliphatic rings. The average molecular weight is 294 g/mol. The van der Waals surface area contributed by atoms with Crippen LogP contribution in [0, 0.1) is 0 Å². The molecule has 1 aromatic rings. The summed E-state index contributed by atoms with van der Waals surface area (Å²) in [6.07, 6.45) is 3.24. The molecule has 1 unspecified atom stereocenters. The Kier molecular flexibility index (Phi) is 4.86. The summed E-state index contributed by atoms with van der Waals surface area (Å²) in [6, 6.07) is 1.36. The number of nitrogens with two attached hydrogens (primary N) is 1. The van der Waals surface area contributed by atoms with E-state index in [0.717, 1.165) is 0 Å². The zero-order valence-electron chi connectivity index (χ0n) is 11.3. The van der Waals surface area contributed by atoms with Crippen LogP contribution in [0.4, 0.5) is 5.69 Å². The largest absolute Gasteiger partial charge is 0.389 e. The quantitative estimate of drug-likeness (QED) is 0.781. The monoisotopic (exact) mass is 294 g/mol. The molecule has 1 aromatic heterocycles. The molecule has 0 aliphatic carbocycles. The highest BCUT2D eigenvalue weighted by Crippen LogP contribution is 2.15. The predicted octanol–water partition coefficient (Wildman–Crippen LogP) is 0.375. The number of pyridine rings is 1. The summed E-state index contributed by atoms with van der Waals surface area (Å²) in [5, 5.41) is 3.13. The van der Waals surface area contributed by atoms with Gasteiger partial charge in [-0.2, -0.15) is 0 Å². The van der Waals surface area contributed by atoms with Crippen LogP contribution < -0.4 is 11.1 Å². The number of hydrogen-bond acceptors (Lipinski definition) is 5.